The molecule has 1 heterocycles. The third kappa shape index (κ3) is 5.68. The summed E-state index contributed by atoms with van der Waals surface area (Å²) in [5.41, 5.74) is 0. The van der Waals surface area contributed by atoms with E-state index in [4.69, 9.17) is 0 Å². The molecule has 0 radical (unpaired) electrons. The van der Waals surface area contributed by atoms with Crippen molar-refractivity contribution in [2.45, 2.75) is 71.4 Å². The van der Waals surface area contributed by atoms with Gasteiger partial charge in [-0.15, -0.1) is 0 Å². The molecule has 5 nitrogen and oxygen atoms in total. The van der Waals surface area contributed by atoms with Crippen molar-refractivity contribution in [3.8, 4) is 0 Å². The first-order valence-electron chi connectivity index (χ1n) is 8.01. The van der Waals surface area contributed by atoms with Crippen LogP contribution in [0.5, 0.6) is 0 Å². The molecule has 0 amide bonds. The van der Waals surface area contributed by atoms with Gasteiger partial charge in [-0.05, 0) is 32.7 Å². The van der Waals surface area contributed by atoms with Crippen LogP contribution in [0.2, 0.25) is 0 Å². The van der Waals surface area contributed by atoms with E-state index >= 15 is 0 Å². The van der Waals surface area contributed by atoms with Gasteiger partial charge in [0.05, 0.1) is 0 Å². The summed E-state index contributed by atoms with van der Waals surface area (Å²) in [5, 5.41) is 3.27. The minimum atomic E-state index is -3.35. The van der Waals surface area contributed by atoms with Crippen molar-refractivity contribution in [2.24, 2.45) is 0 Å². The van der Waals surface area contributed by atoms with Gasteiger partial charge < -0.3 is 5.32 Å². The molecule has 1 rings (SSSR count). The Morgan fingerprint density at radius 3 is 2.70 bits per heavy atom. The second-order valence-electron chi connectivity index (χ2n) is 5.73. The van der Waals surface area contributed by atoms with E-state index in [9.17, 15) is 8.42 Å². The largest absolute Gasteiger partial charge is 0.315 e. The van der Waals surface area contributed by atoms with Crippen molar-refractivity contribution in [3.63, 3.8) is 0 Å². The van der Waals surface area contributed by atoms with Crippen molar-refractivity contribution < 1.29 is 8.42 Å². The standard InChI is InChI=1S/C14H31N3O2S/c1-4-6-9-13(3)16-20(18,19)17-11-8-7-10-14(17)12-15-5-2/h13-16H,4-12H2,1-3H3. The highest BCUT2D eigenvalue weighted by atomic mass is 32.2. The smallest absolute Gasteiger partial charge is 0.279 e. The maximum absolute atomic E-state index is 12.5. The lowest BCUT2D eigenvalue weighted by Gasteiger charge is -2.35. The number of rotatable bonds is 9. The molecule has 0 aromatic rings. The lowest BCUT2D eigenvalue weighted by atomic mass is 10.1. The van der Waals surface area contributed by atoms with Crippen LogP contribution >= 0.6 is 0 Å². The zero-order chi connectivity index (χ0) is 15.0. The van der Waals surface area contributed by atoms with E-state index in [2.05, 4.69) is 17.0 Å². The van der Waals surface area contributed by atoms with Gasteiger partial charge in [-0.3, -0.25) is 0 Å². The predicted molar refractivity (Wildman–Crippen MR) is 83.9 cm³/mol. The zero-order valence-corrected chi connectivity index (χ0v) is 14.0. The first-order chi connectivity index (χ1) is 9.51. The summed E-state index contributed by atoms with van der Waals surface area (Å²) in [6.07, 6.45) is 6.10. The normalized spacial score (nSPS) is 22.9. The van der Waals surface area contributed by atoms with Crippen molar-refractivity contribution in [3.05, 3.63) is 0 Å². The number of likely N-dealkylation sites (N-methyl/N-ethyl adjacent to an activating group) is 1. The van der Waals surface area contributed by atoms with Crippen LogP contribution in [0.1, 0.15) is 59.3 Å². The Morgan fingerprint density at radius 1 is 1.30 bits per heavy atom. The van der Waals surface area contributed by atoms with E-state index in [1.807, 2.05) is 13.8 Å². The molecule has 1 aliphatic heterocycles. The van der Waals surface area contributed by atoms with Gasteiger partial charge in [-0.1, -0.05) is 33.1 Å². The van der Waals surface area contributed by atoms with E-state index < -0.39 is 10.2 Å². The lowest BCUT2D eigenvalue weighted by molar-refractivity contribution is 0.242. The maximum Gasteiger partial charge on any atom is 0.279 e. The fraction of sp³-hybridized carbons (Fsp3) is 1.00. The van der Waals surface area contributed by atoms with Crippen molar-refractivity contribution in [1.82, 2.24) is 14.3 Å². The molecular weight excluding hydrogens is 274 g/mol. The molecule has 20 heavy (non-hydrogen) atoms. The number of unbranched alkanes of at least 4 members (excludes halogenated alkanes) is 1. The Morgan fingerprint density at radius 2 is 2.05 bits per heavy atom. The summed E-state index contributed by atoms with van der Waals surface area (Å²) in [6.45, 7) is 8.40. The summed E-state index contributed by atoms with van der Waals surface area (Å²) in [5.74, 6) is 0. The number of piperidine rings is 1. The fourth-order valence-corrected chi connectivity index (χ4v) is 4.40. The Kier molecular flexibility index (Phi) is 8.02. The first-order valence-corrected chi connectivity index (χ1v) is 9.45. The highest BCUT2D eigenvalue weighted by Gasteiger charge is 2.32. The molecule has 2 atom stereocenters. The van der Waals surface area contributed by atoms with E-state index in [1.165, 1.54) is 0 Å². The monoisotopic (exact) mass is 305 g/mol. The van der Waals surface area contributed by atoms with Crippen molar-refractivity contribution in [2.75, 3.05) is 19.6 Å². The average molecular weight is 305 g/mol. The molecule has 1 fully saturated rings. The average Bonchev–Trinajstić information content (AvgIpc) is 2.42. The summed E-state index contributed by atoms with van der Waals surface area (Å²) in [6, 6.07) is 0.112. The fourth-order valence-electron chi connectivity index (χ4n) is 2.70. The SMILES string of the molecule is CCCCC(C)NS(=O)(=O)N1CCCCC1CNCC. The highest BCUT2D eigenvalue weighted by Crippen LogP contribution is 2.20. The number of hydrogen-bond donors (Lipinski definition) is 2. The van der Waals surface area contributed by atoms with Gasteiger partial charge in [0.2, 0.25) is 0 Å². The van der Waals surface area contributed by atoms with Crippen LogP contribution < -0.4 is 10.0 Å². The summed E-state index contributed by atoms with van der Waals surface area (Å²) >= 11 is 0. The van der Waals surface area contributed by atoms with Crippen LogP contribution in [-0.2, 0) is 10.2 Å². The topological polar surface area (TPSA) is 61.4 Å². The Hall–Kier alpha value is -0.170. The third-order valence-electron chi connectivity index (χ3n) is 3.85. The molecule has 120 valence electrons. The number of nitrogens with zero attached hydrogens (tertiary/aromatic N) is 1. The van der Waals surface area contributed by atoms with E-state index in [0.717, 1.165) is 51.6 Å². The lowest BCUT2D eigenvalue weighted by Crippen LogP contribution is -2.53. The molecule has 2 unspecified atom stereocenters. The molecule has 0 aromatic heterocycles. The van der Waals surface area contributed by atoms with Crippen LogP contribution in [0.4, 0.5) is 0 Å². The van der Waals surface area contributed by atoms with Crippen LogP contribution in [0.25, 0.3) is 0 Å². The van der Waals surface area contributed by atoms with Gasteiger partial charge >= 0.3 is 0 Å². The van der Waals surface area contributed by atoms with Crippen LogP contribution in [-0.4, -0.2) is 44.4 Å². The van der Waals surface area contributed by atoms with Gasteiger partial charge in [0.1, 0.15) is 0 Å². The summed E-state index contributed by atoms with van der Waals surface area (Å²) in [4.78, 5) is 0. The molecule has 0 saturated carbocycles. The third-order valence-corrected chi connectivity index (χ3v) is 5.65. The molecule has 1 saturated heterocycles. The molecule has 0 aliphatic carbocycles. The predicted octanol–water partition coefficient (Wildman–Crippen LogP) is 1.86. The first kappa shape index (κ1) is 17.9. The summed E-state index contributed by atoms with van der Waals surface area (Å²) in [7, 11) is -3.35. The van der Waals surface area contributed by atoms with Crippen molar-refractivity contribution >= 4 is 10.2 Å². The molecule has 0 bridgehead atoms. The number of nitrogens with one attached hydrogen (secondary N) is 2. The molecule has 0 spiro atoms. The van der Waals surface area contributed by atoms with E-state index in [0.29, 0.717) is 6.54 Å². The summed E-state index contributed by atoms with van der Waals surface area (Å²) < 4.78 is 29.5. The van der Waals surface area contributed by atoms with Gasteiger partial charge in [0.25, 0.3) is 10.2 Å². The molecule has 6 heteroatoms. The quantitative estimate of drug-likeness (QED) is 0.683. The zero-order valence-electron chi connectivity index (χ0n) is 13.2. The Balaban J connectivity index is 2.62. The van der Waals surface area contributed by atoms with E-state index in [1.54, 1.807) is 4.31 Å². The van der Waals surface area contributed by atoms with Crippen molar-refractivity contribution in [1.29, 1.82) is 0 Å². The van der Waals surface area contributed by atoms with Gasteiger partial charge in [-0.2, -0.15) is 17.4 Å². The minimum Gasteiger partial charge on any atom is -0.315 e. The van der Waals surface area contributed by atoms with Crippen LogP contribution in [0, 0.1) is 0 Å². The van der Waals surface area contributed by atoms with E-state index in [-0.39, 0.29) is 12.1 Å². The Bertz CT molecular complexity index is 359. The van der Waals surface area contributed by atoms with Gasteiger partial charge in [0, 0.05) is 25.2 Å². The second-order valence-corrected chi connectivity index (χ2v) is 7.39. The molecule has 1 aliphatic rings. The molecule has 2 N–H and O–H groups in total. The minimum absolute atomic E-state index is 0.0154. The second kappa shape index (κ2) is 8.97. The maximum atomic E-state index is 12.5. The van der Waals surface area contributed by atoms with Gasteiger partial charge in [-0.25, -0.2) is 0 Å². The molecular formula is C14H31N3O2S. The van der Waals surface area contributed by atoms with Crippen LogP contribution in [0.15, 0.2) is 0 Å². The van der Waals surface area contributed by atoms with Crippen LogP contribution in [0.3, 0.4) is 0 Å². The Labute approximate surface area is 124 Å². The molecule has 0 aromatic carbocycles. The van der Waals surface area contributed by atoms with Gasteiger partial charge in [0.15, 0.2) is 0 Å². The highest BCUT2D eigenvalue weighted by molar-refractivity contribution is 7.87. The number of hydrogen-bond acceptors (Lipinski definition) is 3.